The van der Waals surface area contributed by atoms with Crippen molar-refractivity contribution in [3.8, 4) is 0 Å². The zero-order chi connectivity index (χ0) is 13.7. The molecule has 1 saturated carbocycles. The molecule has 2 rings (SSSR count). The highest BCUT2D eigenvalue weighted by atomic mass is 16.5. The molecular formula is C15H23NO3. The van der Waals surface area contributed by atoms with Gasteiger partial charge in [-0.25, -0.2) is 4.79 Å². The van der Waals surface area contributed by atoms with Crippen LogP contribution in [0.25, 0.3) is 0 Å². The fourth-order valence-electron chi connectivity index (χ4n) is 2.78. The first-order valence-electron chi connectivity index (χ1n) is 7.12. The smallest absolute Gasteiger partial charge is 0.374 e. The summed E-state index contributed by atoms with van der Waals surface area (Å²) in [5.41, 5.74) is 0.879. The second-order valence-corrected chi connectivity index (χ2v) is 5.27. The lowest BCUT2D eigenvalue weighted by Crippen LogP contribution is -2.32. The predicted molar refractivity (Wildman–Crippen MR) is 72.9 cm³/mol. The quantitative estimate of drug-likeness (QED) is 0.831. The lowest BCUT2D eigenvalue weighted by atomic mass is 9.84. The normalized spacial score (nSPS) is 23.3. The molecule has 4 nitrogen and oxygen atoms in total. The summed E-state index contributed by atoms with van der Waals surface area (Å²) in [7, 11) is 1.37. The van der Waals surface area contributed by atoms with E-state index in [1.54, 1.807) is 0 Å². The fraction of sp³-hybridized carbons (Fsp3) is 0.667. The molecule has 0 bridgehead atoms. The minimum Gasteiger partial charge on any atom is -0.463 e. The number of furan rings is 1. The molecule has 1 aromatic heterocycles. The number of esters is 1. The van der Waals surface area contributed by atoms with Crippen LogP contribution in [0.3, 0.4) is 0 Å². The van der Waals surface area contributed by atoms with Gasteiger partial charge in [-0.05, 0) is 37.7 Å². The lowest BCUT2D eigenvalue weighted by Gasteiger charge is -2.28. The Hall–Kier alpha value is -1.29. The standard InChI is InChI=1S/C15H23NO3/c1-3-11-4-6-13(7-5-11)16-10-12-8-9-19-14(12)15(17)18-2/h8-9,11,13,16H,3-7,10H2,1-2H3. The van der Waals surface area contributed by atoms with Crippen LogP contribution in [0.5, 0.6) is 0 Å². The van der Waals surface area contributed by atoms with E-state index in [0.29, 0.717) is 18.3 Å². The third-order valence-corrected chi connectivity index (χ3v) is 4.12. The Labute approximate surface area is 114 Å². The monoisotopic (exact) mass is 265 g/mol. The number of hydrogen-bond donors (Lipinski definition) is 1. The third kappa shape index (κ3) is 3.60. The number of hydrogen-bond acceptors (Lipinski definition) is 4. The fourth-order valence-corrected chi connectivity index (χ4v) is 2.78. The second kappa shape index (κ2) is 6.75. The Balaban J connectivity index is 1.83. The van der Waals surface area contributed by atoms with Crippen molar-refractivity contribution < 1.29 is 13.9 Å². The number of ether oxygens (including phenoxy) is 1. The maximum Gasteiger partial charge on any atom is 0.374 e. The van der Waals surface area contributed by atoms with E-state index < -0.39 is 5.97 Å². The van der Waals surface area contributed by atoms with Gasteiger partial charge < -0.3 is 14.5 Å². The van der Waals surface area contributed by atoms with Crippen LogP contribution in [0, 0.1) is 5.92 Å². The van der Waals surface area contributed by atoms with Gasteiger partial charge in [0.1, 0.15) is 0 Å². The number of nitrogens with one attached hydrogen (secondary N) is 1. The summed E-state index contributed by atoms with van der Waals surface area (Å²) in [6.45, 7) is 2.94. The van der Waals surface area contributed by atoms with Crippen molar-refractivity contribution in [3.63, 3.8) is 0 Å². The Morgan fingerprint density at radius 2 is 2.16 bits per heavy atom. The van der Waals surface area contributed by atoms with Crippen LogP contribution in [0.2, 0.25) is 0 Å². The van der Waals surface area contributed by atoms with Gasteiger partial charge in [-0.15, -0.1) is 0 Å². The minimum absolute atomic E-state index is 0.317. The van der Waals surface area contributed by atoms with Gasteiger partial charge in [-0.1, -0.05) is 13.3 Å². The molecule has 0 aromatic carbocycles. The molecule has 19 heavy (non-hydrogen) atoms. The van der Waals surface area contributed by atoms with Crippen molar-refractivity contribution in [2.24, 2.45) is 5.92 Å². The van der Waals surface area contributed by atoms with Crippen LogP contribution in [-0.2, 0) is 11.3 Å². The maximum atomic E-state index is 11.5. The first-order chi connectivity index (χ1) is 9.24. The zero-order valence-corrected chi connectivity index (χ0v) is 11.8. The van der Waals surface area contributed by atoms with Crippen molar-refractivity contribution in [3.05, 3.63) is 23.7 Å². The first kappa shape index (κ1) is 14.1. The summed E-state index contributed by atoms with van der Waals surface area (Å²) in [6, 6.07) is 2.39. The molecular weight excluding hydrogens is 242 g/mol. The van der Waals surface area contributed by atoms with Crippen LogP contribution in [0.15, 0.2) is 16.7 Å². The highest BCUT2D eigenvalue weighted by Crippen LogP contribution is 2.26. The summed E-state index contributed by atoms with van der Waals surface area (Å²) < 4.78 is 9.87. The molecule has 1 aliphatic carbocycles. The average molecular weight is 265 g/mol. The molecule has 1 aromatic rings. The molecule has 1 aliphatic rings. The highest BCUT2D eigenvalue weighted by Gasteiger charge is 2.21. The maximum absolute atomic E-state index is 11.5. The second-order valence-electron chi connectivity index (χ2n) is 5.27. The molecule has 1 fully saturated rings. The number of carbonyl (C=O) groups excluding carboxylic acids is 1. The number of carbonyl (C=O) groups is 1. The third-order valence-electron chi connectivity index (χ3n) is 4.12. The summed E-state index contributed by atoms with van der Waals surface area (Å²) in [5.74, 6) is 0.811. The van der Waals surface area contributed by atoms with Gasteiger partial charge in [0, 0.05) is 18.2 Å². The molecule has 0 spiro atoms. The van der Waals surface area contributed by atoms with Gasteiger partial charge in [-0.2, -0.15) is 0 Å². The van der Waals surface area contributed by atoms with E-state index in [1.807, 2.05) is 6.07 Å². The van der Waals surface area contributed by atoms with E-state index in [2.05, 4.69) is 12.2 Å². The SMILES string of the molecule is CCC1CCC(NCc2ccoc2C(=O)OC)CC1. The van der Waals surface area contributed by atoms with Gasteiger partial charge >= 0.3 is 5.97 Å². The van der Waals surface area contributed by atoms with Gasteiger partial charge in [0.25, 0.3) is 0 Å². The molecule has 1 N–H and O–H groups in total. The van der Waals surface area contributed by atoms with Gasteiger partial charge in [0.2, 0.25) is 5.76 Å². The zero-order valence-electron chi connectivity index (χ0n) is 11.8. The van der Waals surface area contributed by atoms with Crippen molar-refractivity contribution in [2.75, 3.05) is 7.11 Å². The molecule has 0 radical (unpaired) electrons. The van der Waals surface area contributed by atoms with E-state index in [4.69, 9.17) is 9.15 Å². The van der Waals surface area contributed by atoms with Crippen LogP contribution >= 0.6 is 0 Å². The van der Waals surface area contributed by atoms with E-state index in [1.165, 1.54) is 45.5 Å². The van der Waals surface area contributed by atoms with E-state index in [-0.39, 0.29) is 0 Å². The van der Waals surface area contributed by atoms with Crippen molar-refractivity contribution in [2.45, 2.75) is 51.6 Å². The van der Waals surface area contributed by atoms with Crippen molar-refractivity contribution >= 4 is 5.97 Å². The first-order valence-corrected chi connectivity index (χ1v) is 7.12. The summed E-state index contributed by atoms with van der Waals surface area (Å²) in [6.07, 6.45) is 7.90. The van der Waals surface area contributed by atoms with E-state index in [0.717, 1.165) is 11.5 Å². The number of rotatable bonds is 5. The van der Waals surface area contributed by atoms with Crippen LogP contribution in [0.1, 0.15) is 55.1 Å². The highest BCUT2D eigenvalue weighted by molar-refractivity contribution is 5.87. The van der Waals surface area contributed by atoms with E-state index >= 15 is 0 Å². The molecule has 0 aliphatic heterocycles. The Morgan fingerprint density at radius 3 is 2.79 bits per heavy atom. The van der Waals surface area contributed by atoms with Gasteiger partial charge in [-0.3, -0.25) is 0 Å². The van der Waals surface area contributed by atoms with Crippen molar-refractivity contribution in [1.29, 1.82) is 0 Å². The molecule has 4 heteroatoms. The molecule has 0 saturated heterocycles. The molecule has 0 atom stereocenters. The van der Waals surface area contributed by atoms with Crippen molar-refractivity contribution in [1.82, 2.24) is 5.32 Å². The largest absolute Gasteiger partial charge is 0.463 e. The average Bonchev–Trinajstić information content (AvgIpc) is 2.93. The van der Waals surface area contributed by atoms with Gasteiger partial charge in [0.15, 0.2) is 0 Å². The minimum atomic E-state index is -0.406. The molecule has 0 amide bonds. The summed E-state index contributed by atoms with van der Waals surface area (Å²) >= 11 is 0. The predicted octanol–water partition coefficient (Wildman–Crippen LogP) is 3.12. The Kier molecular flexibility index (Phi) is 5.02. The summed E-state index contributed by atoms with van der Waals surface area (Å²) in [4.78, 5) is 11.5. The van der Waals surface area contributed by atoms with Gasteiger partial charge in [0.05, 0.1) is 13.4 Å². The van der Waals surface area contributed by atoms with Crippen LogP contribution in [-0.4, -0.2) is 19.1 Å². The van der Waals surface area contributed by atoms with Crippen LogP contribution in [0.4, 0.5) is 0 Å². The molecule has 0 unspecified atom stereocenters. The Bertz CT molecular complexity index is 405. The molecule has 1 heterocycles. The molecule has 106 valence electrons. The lowest BCUT2D eigenvalue weighted by molar-refractivity contribution is 0.0563. The summed E-state index contributed by atoms with van der Waals surface area (Å²) in [5, 5.41) is 3.52. The van der Waals surface area contributed by atoms with E-state index in [9.17, 15) is 4.79 Å². The number of methoxy groups -OCH3 is 1. The Morgan fingerprint density at radius 1 is 1.42 bits per heavy atom. The topological polar surface area (TPSA) is 51.5 Å². The van der Waals surface area contributed by atoms with Crippen LogP contribution < -0.4 is 5.32 Å².